The minimum atomic E-state index is 0.505. The summed E-state index contributed by atoms with van der Waals surface area (Å²) in [6, 6.07) is 16.6. The molecule has 4 heteroatoms. The Morgan fingerprint density at radius 3 is 2.68 bits per heavy atom. The van der Waals surface area contributed by atoms with Gasteiger partial charge in [0.25, 0.3) is 0 Å². The van der Waals surface area contributed by atoms with Crippen LogP contribution in [0.5, 0.6) is 11.6 Å². The zero-order valence-electron chi connectivity index (χ0n) is 10.0. The fraction of sp³-hybridized carbons (Fsp3) is 0. The monoisotopic (exact) mass is 270 g/mol. The van der Waals surface area contributed by atoms with E-state index in [0.29, 0.717) is 22.3 Å². The van der Waals surface area contributed by atoms with Crippen LogP contribution >= 0.6 is 11.6 Å². The van der Waals surface area contributed by atoms with Crippen LogP contribution in [0.3, 0.4) is 0 Å². The Labute approximate surface area is 115 Å². The third-order valence-electron chi connectivity index (χ3n) is 2.74. The highest BCUT2D eigenvalue weighted by Crippen LogP contribution is 2.29. The van der Waals surface area contributed by atoms with Crippen molar-refractivity contribution in [2.75, 3.05) is 5.73 Å². The zero-order valence-corrected chi connectivity index (χ0v) is 10.8. The molecule has 0 atom stereocenters. The van der Waals surface area contributed by atoms with Gasteiger partial charge in [-0.05, 0) is 36.4 Å². The molecule has 0 aliphatic rings. The number of pyridine rings is 1. The van der Waals surface area contributed by atoms with Gasteiger partial charge >= 0.3 is 0 Å². The number of benzene rings is 2. The average molecular weight is 271 g/mol. The Balaban J connectivity index is 1.98. The lowest BCUT2D eigenvalue weighted by Crippen LogP contribution is -1.90. The number of ether oxygens (including phenoxy) is 1. The molecule has 19 heavy (non-hydrogen) atoms. The van der Waals surface area contributed by atoms with Crippen molar-refractivity contribution >= 4 is 28.2 Å². The molecule has 0 amide bonds. The van der Waals surface area contributed by atoms with Crippen LogP contribution < -0.4 is 10.5 Å². The molecule has 0 radical (unpaired) electrons. The highest BCUT2D eigenvalue weighted by Gasteiger charge is 2.04. The molecule has 0 unspecified atom stereocenters. The fourth-order valence-electron chi connectivity index (χ4n) is 1.82. The van der Waals surface area contributed by atoms with Crippen LogP contribution in [-0.2, 0) is 0 Å². The number of halogens is 1. The van der Waals surface area contributed by atoms with Crippen molar-refractivity contribution in [1.82, 2.24) is 4.98 Å². The zero-order chi connectivity index (χ0) is 13.2. The first-order valence-electron chi connectivity index (χ1n) is 5.81. The summed E-state index contributed by atoms with van der Waals surface area (Å²) < 4.78 is 5.67. The van der Waals surface area contributed by atoms with E-state index < -0.39 is 0 Å². The second kappa shape index (κ2) is 4.78. The van der Waals surface area contributed by atoms with Crippen molar-refractivity contribution in [3.8, 4) is 11.6 Å². The normalized spacial score (nSPS) is 10.6. The van der Waals surface area contributed by atoms with Crippen LogP contribution in [0, 0.1) is 0 Å². The topological polar surface area (TPSA) is 48.1 Å². The van der Waals surface area contributed by atoms with E-state index in [-0.39, 0.29) is 0 Å². The Morgan fingerprint density at radius 1 is 1.00 bits per heavy atom. The van der Waals surface area contributed by atoms with E-state index in [1.165, 1.54) is 0 Å². The van der Waals surface area contributed by atoms with E-state index >= 15 is 0 Å². The first-order valence-corrected chi connectivity index (χ1v) is 6.19. The lowest BCUT2D eigenvalue weighted by Gasteiger charge is -2.07. The molecule has 0 spiro atoms. The van der Waals surface area contributed by atoms with Crippen LogP contribution in [0.25, 0.3) is 10.9 Å². The van der Waals surface area contributed by atoms with Gasteiger partial charge in [0.1, 0.15) is 5.75 Å². The summed E-state index contributed by atoms with van der Waals surface area (Å²) in [7, 11) is 0. The molecule has 1 aromatic heterocycles. The van der Waals surface area contributed by atoms with Crippen LogP contribution in [-0.4, -0.2) is 4.98 Å². The van der Waals surface area contributed by atoms with Crippen LogP contribution in [0.1, 0.15) is 0 Å². The molecule has 2 aromatic carbocycles. The number of rotatable bonds is 2. The van der Waals surface area contributed by atoms with Crippen LogP contribution in [0.2, 0.25) is 5.02 Å². The molecule has 2 N–H and O–H groups in total. The van der Waals surface area contributed by atoms with E-state index in [9.17, 15) is 0 Å². The van der Waals surface area contributed by atoms with Crippen molar-refractivity contribution in [2.24, 2.45) is 0 Å². The first kappa shape index (κ1) is 11.8. The number of nitrogens with zero attached hydrogens (tertiary/aromatic N) is 1. The number of para-hydroxylation sites is 1. The number of nitrogens with two attached hydrogens (primary N) is 1. The van der Waals surface area contributed by atoms with Gasteiger partial charge in [-0.3, -0.25) is 0 Å². The minimum absolute atomic E-state index is 0.505. The van der Waals surface area contributed by atoms with Gasteiger partial charge in [0.15, 0.2) is 0 Å². The Hall–Kier alpha value is -2.26. The van der Waals surface area contributed by atoms with Crippen LogP contribution in [0.4, 0.5) is 5.69 Å². The van der Waals surface area contributed by atoms with Crippen LogP contribution in [0.15, 0.2) is 54.6 Å². The average Bonchev–Trinajstić information content (AvgIpc) is 2.41. The number of hydrogen-bond acceptors (Lipinski definition) is 3. The molecule has 0 bridgehead atoms. The van der Waals surface area contributed by atoms with Gasteiger partial charge in [0.05, 0.1) is 10.5 Å². The number of aromatic nitrogens is 1. The van der Waals surface area contributed by atoms with E-state index in [1.807, 2.05) is 36.4 Å². The maximum Gasteiger partial charge on any atom is 0.219 e. The number of nitrogen functional groups attached to an aromatic ring is 1. The molecule has 0 fully saturated rings. The Morgan fingerprint density at radius 2 is 1.84 bits per heavy atom. The smallest absolute Gasteiger partial charge is 0.219 e. The van der Waals surface area contributed by atoms with Gasteiger partial charge in [-0.15, -0.1) is 0 Å². The standard InChI is InChI=1S/C15H11ClN2O/c16-12-3-1-2-4-14(12)19-15-8-5-10-9-11(17)6-7-13(10)18-15/h1-9H,17H2. The predicted octanol–water partition coefficient (Wildman–Crippen LogP) is 4.26. The van der Waals surface area contributed by atoms with E-state index in [1.54, 1.807) is 18.2 Å². The maximum absolute atomic E-state index is 6.04. The Kier molecular flexibility index (Phi) is 2.97. The van der Waals surface area contributed by atoms with Gasteiger partial charge in [0, 0.05) is 17.1 Å². The third-order valence-corrected chi connectivity index (χ3v) is 3.05. The molecule has 3 aromatic rings. The summed E-state index contributed by atoms with van der Waals surface area (Å²) in [5.41, 5.74) is 7.28. The molecule has 3 nitrogen and oxygen atoms in total. The third kappa shape index (κ3) is 2.46. The predicted molar refractivity (Wildman–Crippen MR) is 77.7 cm³/mol. The second-order valence-corrected chi connectivity index (χ2v) is 4.54. The van der Waals surface area contributed by atoms with E-state index in [4.69, 9.17) is 22.1 Å². The van der Waals surface area contributed by atoms with Gasteiger partial charge < -0.3 is 10.5 Å². The minimum Gasteiger partial charge on any atom is -0.437 e. The highest BCUT2D eigenvalue weighted by molar-refractivity contribution is 6.32. The molecule has 0 aliphatic carbocycles. The van der Waals surface area contributed by atoms with Crippen molar-refractivity contribution in [2.45, 2.75) is 0 Å². The molecule has 0 saturated heterocycles. The highest BCUT2D eigenvalue weighted by atomic mass is 35.5. The Bertz CT molecular complexity index is 743. The summed E-state index contributed by atoms with van der Waals surface area (Å²) >= 11 is 6.04. The van der Waals surface area contributed by atoms with Crippen molar-refractivity contribution in [3.05, 3.63) is 59.6 Å². The summed E-state index contributed by atoms with van der Waals surface area (Å²) in [4.78, 5) is 4.42. The lowest BCUT2D eigenvalue weighted by atomic mass is 10.2. The van der Waals surface area contributed by atoms with E-state index in [0.717, 1.165) is 10.9 Å². The summed E-state index contributed by atoms with van der Waals surface area (Å²) in [5, 5.41) is 1.54. The molecule has 1 heterocycles. The summed E-state index contributed by atoms with van der Waals surface area (Å²) in [6.45, 7) is 0. The maximum atomic E-state index is 6.04. The van der Waals surface area contributed by atoms with Gasteiger partial charge in [0.2, 0.25) is 5.88 Å². The summed E-state index contributed by atoms with van der Waals surface area (Å²) in [6.07, 6.45) is 0. The number of fused-ring (bicyclic) bond motifs is 1. The number of anilines is 1. The van der Waals surface area contributed by atoms with E-state index in [2.05, 4.69) is 4.98 Å². The molecule has 0 aliphatic heterocycles. The largest absolute Gasteiger partial charge is 0.437 e. The summed E-state index contributed by atoms with van der Waals surface area (Å²) in [5.74, 6) is 1.09. The molecular formula is C15H11ClN2O. The fourth-order valence-corrected chi connectivity index (χ4v) is 2.00. The SMILES string of the molecule is Nc1ccc2nc(Oc3ccccc3Cl)ccc2c1. The van der Waals surface area contributed by atoms with Gasteiger partial charge in [-0.2, -0.15) is 0 Å². The van der Waals surface area contributed by atoms with Gasteiger partial charge in [-0.25, -0.2) is 4.98 Å². The lowest BCUT2D eigenvalue weighted by molar-refractivity contribution is 0.465. The number of hydrogen-bond donors (Lipinski definition) is 1. The molecular weight excluding hydrogens is 260 g/mol. The molecule has 0 saturated carbocycles. The molecule has 94 valence electrons. The van der Waals surface area contributed by atoms with Gasteiger partial charge in [-0.1, -0.05) is 23.7 Å². The van der Waals surface area contributed by atoms with Crippen molar-refractivity contribution in [3.63, 3.8) is 0 Å². The molecule has 3 rings (SSSR count). The quantitative estimate of drug-likeness (QED) is 0.708. The second-order valence-electron chi connectivity index (χ2n) is 4.13. The van der Waals surface area contributed by atoms with Crippen molar-refractivity contribution < 1.29 is 4.74 Å². The first-order chi connectivity index (χ1) is 9.22. The van der Waals surface area contributed by atoms with Crippen molar-refractivity contribution in [1.29, 1.82) is 0 Å².